The summed E-state index contributed by atoms with van der Waals surface area (Å²) in [5.74, 6) is -2.92. The lowest BCUT2D eigenvalue weighted by Gasteiger charge is -2.13. The molecule has 2 aliphatic carbocycles. The van der Waals surface area contributed by atoms with Crippen LogP contribution in [-0.4, -0.2) is 62.9 Å². The monoisotopic (exact) mass is 1040 g/mol. The van der Waals surface area contributed by atoms with Crippen LogP contribution in [0.3, 0.4) is 0 Å². The van der Waals surface area contributed by atoms with Crippen molar-refractivity contribution in [1.29, 1.82) is 0 Å². The third kappa shape index (κ3) is 10.3. The number of halogens is 4. The molecule has 0 spiro atoms. The Morgan fingerprint density at radius 2 is 1.33 bits per heavy atom. The Hall–Kier alpha value is -7.50. The van der Waals surface area contributed by atoms with Gasteiger partial charge in [-0.2, -0.15) is 0 Å². The number of fused-ring (bicyclic) bond motifs is 6. The van der Waals surface area contributed by atoms with Crippen molar-refractivity contribution >= 4 is 69.8 Å². The van der Waals surface area contributed by atoms with Gasteiger partial charge in [0.15, 0.2) is 0 Å². The summed E-state index contributed by atoms with van der Waals surface area (Å²) >= 11 is 0. The van der Waals surface area contributed by atoms with Gasteiger partial charge in [0.2, 0.25) is 15.7 Å². The number of pyridine rings is 2. The van der Waals surface area contributed by atoms with Gasteiger partial charge in [-0.25, -0.2) is 54.6 Å². The fourth-order valence-corrected chi connectivity index (χ4v) is 11.1. The first kappa shape index (κ1) is 51.8. The van der Waals surface area contributed by atoms with Crippen molar-refractivity contribution in [3.05, 3.63) is 177 Å². The second-order valence-corrected chi connectivity index (χ2v) is 21.1. The van der Waals surface area contributed by atoms with Crippen molar-refractivity contribution in [3.8, 4) is 11.1 Å². The lowest BCUT2D eigenvalue weighted by atomic mass is 10.0. The molecule has 22 heteroatoms. The molecule has 5 aromatic heterocycles. The minimum absolute atomic E-state index is 0. The number of hydrogen-bond donors (Lipinski definition) is 4. The number of rotatable bonds is 10. The van der Waals surface area contributed by atoms with Crippen molar-refractivity contribution < 1.29 is 59.2 Å². The molecule has 1 amide bonds. The Balaban J connectivity index is 0.000000183. The molecule has 0 bridgehead atoms. The lowest BCUT2D eigenvalue weighted by Crippen LogP contribution is -2.35. The average molecular weight is 1040 g/mol. The van der Waals surface area contributed by atoms with Crippen molar-refractivity contribution in [2.45, 2.75) is 70.5 Å². The van der Waals surface area contributed by atoms with Gasteiger partial charge in [0.05, 0.1) is 34.6 Å². The van der Waals surface area contributed by atoms with Crippen LogP contribution in [0.15, 0.2) is 123 Å². The molecule has 380 valence electrons. The van der Waals surface area contributed by atoms with Crippen molar-refractivity contribution in [3.63, 3.8) is 0 Å². The highest BCUT2D eigenvalue weighted by Gasteiger charge is 2.39. The molecule has 0 unspecified atom stereocenters. The summed E-state index contributed by atoms with van der Waals surface area (Å²) < 4.78 is 125. The fraction of sp³-hybridized carbons (Fsp3) is 0.216. The summed E-state index contributed by atoms with van der Waals surface area (Å²) in [6.45, 7) is 3.04. The molecule has 0 atom stereocenters. The number of amides is 1. The Labute approximate surface area is 413 Å². The molecule has 2 saturated carbocycles. The van der Waals surface area contributed by atoms with Crippen LogP contribution in [0.25, 0.3) is 54.9 Å². The molecule has 16 nitrogen and oxygen atoms in total. The molecule has 0 saturated heterocycles. The van der Waals surface area contributed by atoms with Crippen LogP contribution < -0.4 is 15.8 Å². The van der Waals surface area contributed by atoms with Crippen molar-refractivity contribution in [2.24, 2.45) is 4.40 Å². The quantitative estimate of drug-likeness (QED) is 0.0573. The molecular weight excluding hydrogens is 997 g/mol. The Morgan fingerprint density at radius 3 is 1.90 bits per heavy atom. The van der Waals surface area contributed by atoms with Crippen LogP contribution in [0.5, 0.6) is 0 Å². The van der Waals surface area contributed by atoms with Gasteiger partial charge in [-0.05, 0) is 111 Å². The van der Waals surface area contributed by atoms with Crippen LogP contribution in [0.1, 0.15) is 65.9 Å². The normalized spacial score (nSPS) is 13.9. The number of aryl methyl sites for hydroxylation is 2. The number of benzene rings is 4. The minimum Gasteiger partial charge on any atom is -0.417 e. The van der Waals surface area contributed by atoms with E-state index in [1.165, 1.54) is 59.3 Å². The molecule has 2 fully saturated rings. The summed E-state index contributed by atoms with van der Waals surface area (Å²) in [4.78, 5) is 33.1. The summed E-state index contributed by atoms with van der Waals surface area (Å²) in [7, 11) is -7.75. The number of carbonyl (C=O) groups is 1. The maximum atomic E-state index is 14.7. The zero-order valence-electron chi connectivity index (χ0n) is 38.1. The van der Waals surface area contributed by atoms with E-state index in [1.807, 2.05) is 0 Å². The van der Waals surface area contributed by atoms with E-state index in [2.05, 4.69) is 24.1 Å². The first-order valence-corrected chi connectivity index (χ1v) is 25.2. The predicted molar refractivity (Wildman–Crippen MR) is 265 cm³/mol. The zero-order valence-corrected chi connectivity index (χ0v) is 39.7. The third-order valence-electron chi connectivity index (χ3n) is 12.4. The molecule has 2 aliphatic rings. The summed E-state index contributed by atoms with van der Waals surface area (Å²) in [6.07, 6.45) is 4.94. The number of H-pyrrole nitrogens is 1. The van der Waals surface area contributed by atoms with E-state index in [1.54, 1.807) is 73.1 Å². The van der Waals surface area contributed by atoms with Gasteiger partial charge in [0.1, 0.15) is 34.5 Å². The molecule has 11 rings (SSSR count). The molecule has 73 heavy (non-hydrogen) atoms. The van der Waals surface area contributed by atoms with Crippen LogP contribution >= 0.6 is 0 Å². The van der Waals surface area contributed by atoms with Gasteiger partial charge < -0.3 is 18.5 Å². The molecule has 0 aliphatic heterocycles. The second-order valence-electron chi connectivity index (χ2n) is 17.3. The molecule has 5 heterocycles. The van der Waals surface area contributed by atoms with E-state index in [4.69, 9.17) is 14.9 Å². The van der Waals surface area contributed by atoms with Crippen molar-refractivity contribution in [1.82, 2.24) is 23.8 Å². The highest BCUT2D eigenvalue weighted by molar-refractivity contribution is 7.91. The average Bonchev–Trinajstić information content (AvgIpc) is 4.28. The largest absolute Gasteiger partial charge is 0.417 e. The SMILES string of the molecule is C.Cc1cc2c(-c3ccc[nH]c3=O)c(C(=O)NS(=O)(=O)C3CC3)n(Cc3ccccc3F)c2cc1F.Cc1cc2c3c4cccnc4oc(=NS(=O)(=O)C4CC4)c3n(Cc3ccccc3F)c2cc1F.OOO. The highest BCUT2D eigenvalue weighted by Crippen LogP contribution is 2.38. The standard InChI is InChI=1S/C25H21F2N3O4S.C25H19F2N3O3S.CH4.H2O3/c1-14-11-18-21(12-20(14)27)30(13-15-5-2-3-7-19(15)26)23(22(18)17-6-4-10-28-24(17)31)25(32)29-35(33,34)16-8-9-16;1-14-11-18-21(12-20(14)27)30(13-15-5-2-3-7-19(15)26)23-22(18)17-6-4-10-28-24(17)33-25(23)29-34(31,32)16-8-9-16;;1-3-2/h2-7,10-12,16H,8-9,13H2,1H3,(H,28,31)(H,29,32);2-7,10-12,16H,8-9,13H2,1H3;1H4;1-2H. The predicted octanol–water partition coefficient (Wildman–Crippen LogP) is 9.40. The number of carbonyl (C=O) groups excluding carboxylic acids is 1. The highest BCUT2D eigenvalue weighted by atomic mass is 32.2. The van der Waals surface area contributed by atoms with E-state index in [0.29, 0.717) is 69.4 Å². The first-order chi connectivity index (χ1) is 34.4. The molecule has 0 radical (unpaired) electrons. The first-order valence-electron chi connectivity index (χ1n) is 22.2. The smallest absolute Gasteiger partial charge is 0.282 e. The van der Waals surface area contributed by atoms with Gasteiger partial charge in [0, 0.05) is 56.2 Å². The zero-order chi connectivity index (χ0) is 51.2. The number of hydrogen-bond acceptors (Lipinski definition) is 11. The number of nitrogens with zero attached hydrogens (tertiary/aromatic N) is 4. The number of nitrogens with one attached hydrogen (secondary N) is 2. The number of aromatic nitrogens is 4. The number of aromatic amines is 1. The van der Waals surface area contributed by atoms with Gasteiger partial charge in [0.25, 0.3) is 27.0 Å². The van der Waals surface area contributed by atoms with Gasteiger partial charge >= 0.3 is 0 Å². The maximum absolute atomic E-state index is 14.7. The summed E-state index contributed by atoms with van der Waals surface area (Å²) in [5.41, 5.74) is 1.96. The van der Waals surface area contributed by atoms with E-state index < -0.39 is 65.3 Å². The van der Waals surface area contributed by atoms with Gasteiger partial charge in [-0.1, -0.05) is 48.9 Å². The van der Waals surface area contributed by atoms with Crippen LogP contribution in [-0.2, 0) is 38.2 Å². The van der Waals surface area contributed by atoms with E-state index >= 15 is 0 Å². The second kappa shape index (κ2) is 20.5. The van der Waals surface area contributed by atoms with Crippen LogP contribution in [0.4, 0.5) is 17.6 Å². The van der Waals surface area contributed by atoms with Gasteiger partial charge in [-0.15, -0.1) is 4.40 Å². The topological polar surface area (TPSA) is 228 Å². The van der Waals surface area contributed by atoms with Crippen molar-refractivity contribution in [2.75, 3.05) is 0 Å². The van der Waals surface area contributed by atoms with E-state index in [-0.39, 0.29) is 65.2 Å². The molecular formula is C51H46F4N6O10S2. The van der Waals surface area contributed by atoms with E-state index in [9.17, 15) is 44.0 Å². The lowest BCUT2D eigenvalue weighted by molar-refractivity contribution is -0.465. The van der Waals surface area contributed by atoms with Gasteiger partial charge in [-0.3, -0.25) is 9.59 Å². The molecule has 4 aromatic carbocycles. The van der Waals surface area contributed by atoms with Crippen LogP contribution in [0, 0.1) is 37.1 Å². The minimum atomic E-state index is -3.94. The molecule has 4 N–H and O–H groups in total. The summed E-state index contributed by atoms with van der Waals surface area (Å²) in [6, 6.07) is 24.6. The number of sulfonamides is 2. The Kier molecular flexibility index (Phi) is 14.6. The molecule has 9 aromatic rings. The third-order valence-corrected chi connectivity index (χ3v) is 15.9. The Morgan fingerprint density at radius 1 is 0.767 bits per heavy atom. The maximum Gasteiger partial charge on any atom is 0.282 e. The summed E-state index contributed by atoms with van der Waals surface area (Å²) in [5, 5.41) is 16.6. The fourth-order valence-electron chi connectivity index (χ4n) is 8.56. The van der Waals surface area contributed by atoms with Crippen LogP contribution in [0.2, 0.25) is 0 Å². The Bertz CT molecular complexity index is 4000. The van der Waals surface area contributed by atoms with E-state index in [0.717, 1.165) is 0 Å².